The first-order valence-electron chi connectivity index (χ1n) is 16.6. The first-order valence-corrected chi connectivity index (χ1v) is 16.6. The van der Waals surface area contributed by atoms with E-state index in [0.29, 0.717) is 12.0 Å². The summed E-state index contributed by atoms with van der Waals surface area (Å²) >= 11 is 0. The topological polar surface area (TPSA) is 331 Å². The number of aromatic nitrogens is 3. The molecule has 0 aliphatic carbocycles. The number of anilines is 1. The van der Waals surface area contributed by atoms with Gasteiger partial charge in [-0.2, -0.15) is 9.78 Å². The lowest BCUT2D eigenvalue weighted by atomic mass is 10.0. The molecule has 53 heavy (non-hydrogen) atoms. The van der Waals surface area contributed by atoms with Gasteiger partial charge in [-0.15, -0.1) is 5.10 Å². The number of carbonyl (C=O) groups excluding carboxylic acids is 5. The molecule has 0 spiro atoms. The van der Waals surface area contributed by atoms with Crippen molar-refractivity contribution < 1.29 is 24.0 Å². The number of guanidine groups is 2. The third-order valence-corrected chi connectivity index (χ3v) is 7.59. The van der Waals surface area contributed by atoms with Gasteiger partial charge in [-0.3, -0.25) is 29.2 Å². The van der Waals surface area contributed by atoms with Crippen molar-refractivity contribution in [1.82, 2.24) is 31.1 Å². The third-order valence-electron chi connectivity index (χ3n) is 7.59. The van der Waals surface area contributed by atoms with Crippen molar-refractivity contribution in [2.75, 3.05) is 24.2 Å². The Morgan fingerprint density at radius 3 is 1.70 bits per heavy atom. The van der Waals surface area contributed by atoms with E-state index in [9.17, 15) is 24.0 Å². The highest BCUT2D eigenvalue weighted by Gasteiger charge is 2.31. The number of nitrogens with one attached hydrogen (secondary N) is 4. The Labute approximate surface area is 305 Å². The number of isocyanates is 1. The van der Waals surface area contributed by atoms with Crippen LogP contribution in [0.15, 0.2) is 81.8 Å². The van der Waals surface area contributed by atoms with E-state index in [4.69, 9.17) is 28.7 Å². The standard InChI is InChI=1S/C33H45N15O5/c34-27-19-48(47-45-27)46-31(53)24(14-8-16-40-33(37)38)43-30(52)26(18-22-11-5-2-6-12-22)44-28(50)23(13-7-15-39-32(35)36)42-29(51)25(41-20-49)17-21-9-3-1-4-10-21/h1-6,9-12,19,23-26H,7-8,13-18,34H2,(H,42,51)(H,43,52)(H,44,50)(H,46,53)(H4,35,36,39)(H4,37,38,40)/t23-,24-,25-,26-/m0/s1. The third kappa shape index (κ3) is 14.9. The number of amides is 4. The molecule has 14 N–H and O–H groups in total. The molecule has 0 bridgehead atoms. The van der Waals surface area contributed by atoms with Crippen LogP contribution in [0.1, 0.15) is 36.8 Å². The Kier molecular flexibility index (Phi) is 16.4. The van der Waals surface area contributed by atoms with Crippen LogP contribution in [0.4, 0.5) is 5.82 Å². The van der Waals surface area contributed by atoms with Gasteiger partial charge in [-0.25, -0.2) is 10.2 Å². The largest absolute Gasteiger partial charge is 0.381 e. The maximum absolute atomic E-state index is 14.0. The fourth-order valence-corrected chi connectivity index (χ4v) is 5.04. The smallest absolute Gasteiger partial charge is 0.262 e. The van der Waals surface area contributed by atoms with Gasteiger partial charge < -0.3 is 44.6 Å². The van der Waals surface area contributed by atoms with Crippen LogP contribution >= 0.6 is 0 Å². The SMILES string of the molecule is NC(N)=NCCC[C@H](NC(=O)[C@H](Cc1ccccc1)N=C=O)C(=O)N[C@@H](Cc1ccccc1)C(=O)N[C@@H](CCCN=C(N)N)C(=O)Nn1cc(N)nn1. The predicted molar refractivity (Wildman–Crippen MR) is 197 cm³/mol. The van der Waals surface area contributed by atoms with Crippen molar-refractivity contribution in [3.63, 3.8) is 0 Å². The molecular formula is C33H45N15O5. The minimum Gasteiger partial charge on any atom is -0.381 e. The number of nitrogens with two attached hydrogens (primary N) is 5. The van der Waals surface area contributed by atoms with Crippen LogP contribution in [0.2, 0.25) is 0 Å². The van der Waals surface area contributed by atoms with E-state index in [1.54, 1.807) is 60.7 Å². The lowest BCUT2D eigenvalue weighted by Gasteiger charge is -2.26. The average Bonchev–Trinajstić information content (AvgIpc) is 3.54. The number of nitrogens with zero attached hydrogens (tertiary/aromatic N) is 6. The monoisotopic (exact) mass is 731 g/mol. The predicted octanol–water partition coefficient (Wildman–Crippen LogP) is -2.32. The van der Waals surface area contributed by atoms with Crippen LogP contribution in [-0.4, -0.2) is 94.0 Å². The maximum atomic E-state index is 14.0. The molecule has 4 atom stereocenters. The summed E-state index contributed by atoms with van der Waals surface area (Å²) in [6, 6.07) is 13.0. The van der Waals surface area contributed by atoms with Gasteiger partial charge in [0.15, 0.2) is 17.7 Å². The van der Waals surface area contributed by atoms with E-state index >= 15 is 0 Å². The molecule has 20 nitrogen and oxygen atoms in total. The van der Waals surface area contributed by atoms with Gasteiger partial charge >= 0.3 is 0 Å². The highest BCUT2D eigenvalue weighted by molar-refractivity contribution is 5.96. The summed E-state index contributed by atoms with van der Waals surface area (Å²) in [5, 5.41) is 15.4. The fourth-order valence-electron chi connectivity index (χ4n) is 5.04. The van der Waals surface area contributed by atoms with E-state index in [2.05, 4.69) is 46.7 Å². The molecule has 3 rings (SSSR count). The molecule has 0 radical (unpaired) electrons. The molecule has 0 saturated heterocycles. The summed E-state index contributed by atoms with van der Waals surface area (Å²) in [5.74, 6) is -3.05. The first kappa shape index (κ1) is 40.6. The lowest BCUT2D eigenvalue weighted by Crippen LogP contribution is -2.57. The minimum absolute atomic E-state index is 0.0150. The van der Waals surface area contributed by atoms with E-state index < -0.39 is 47.8 Å². The van der Waals surface area contributed by atoms with Crippen molar-refractivity contribution in [2.45, 2.75) is 62.7 Å². The van der Waals surface area contributed by atoms with Crippen LogP contribution in [0, 0.1) is 0 Å². The molecule has 0 aliphatic heterocycles. The van der Waals surface area contributed by atoms with Gasteiger partial charge in [0, 0.05) is 25.9 Å². The zero-order valence-electron chi connectivity index (χ0n) is 28.9. The van der Waals surface area contributed by atoms with E-state index in [-0.39, 0.29) is 62.9 Å². The normalized spacial score (nSPS) is 12.8. The Balaban J connectivity index is 1.87. The second-order valence-electron chi connectivity index (χ2n) is 11.8. The molecule has 0 unspecified atom stereocenters. The number of rotatable bonds is 21. The van der Waals surface area contributed by atoms with E-state index in [0.717, 1.165) is 10.4 Å². The number of nitrogen functional groups attached to an aromatic ring is 1. The van der Waals surface area contributed by atoms with Gasteiger partial charge in [0.05, 0.1) is 6.20 Å². The fraction of sp³-hybridized carbons (Fsp3) is 0.364. The van der Waals surface area contributed by atoms with Gasteiger partial charge in [0.2, 0.25) is 23.8 Å². The Morgan fingerprint density at radius 2 is 1.19 bits per heavy atom. The average molecular weight is 732 g/mol. The number of hydrogen-bond donors (Lipinski definition) is 9. The maximum Gasteiger partial charge on any atom is 0.262 e. The Morgan fingerprint density at radius 1 is 0.698 bits per heavy atom. The molecule has 282 valence electrons. The zero-order valence-corrected chi connectivity index (χ0v) is 28.9. The van der Waals surface area contributed by atoms with Crippen molar-refractivity contribution in [3.05, 3.63) is 78.0 Å². The molecule has 0 fully saturated rings. The Bertz CT molecular complexity index is 1750. The van der Waals surface area contributed by atoms with Gasteiger partial charge in [0.1, 0.15) is 24.2 Å². The van der Waals surface area contributed by atoms with Crippen LogP contribution in [-0.2, 0) is 36.8 Å². The van der Waals surface area contributed by atoms with Gasteiger partial charge in [-0.1, -0.05) is 60.7 Å². The summed E-state index contributed by atoms with van der Waals surface area (Å²) in [6.07, 6.45) is 3.47. The Hall–Kier alpha value is -6.82. The van der Waals surface area contributed by atoms with Crippen molar-refractivity contribution in [3.8, 4) is 0 Å². The highest BCUT2D eigenvalue weighted by atomic mass is 16.2. The molecule has 1 heterocycles. The molecule has 20 heteroatoms. The first-order chi connectivity index (χ1) is 25.4. The second kappa shape index (κ2) is 21.4. The van der Waals surface area contributed by atoms with Crippen LogP contribution in [0.3, 0.4) is 0 Å². The van der Waals surface area contributed by atoms with Crippen molar-refractivity contribution >= 4 is 47.4 Å². The molecule has 0 saturated carbocycles. The number of carbonyl (C=O) groups is 4. The molecule has 1 aromatic heterocycles. The quantitative estimate of drug-likeness (QED) is 0.0241. The summed E-state index contributed by atoms with van der Waals surface area (Å²) < 4.78 is 0. The number of aliphatic imine (C=N–C) groups is 3. The van der Waals surface area contributed by atoms with Crippen molar-refractivity contribution in [1.29, 1.82) is 0 Å². The van der Waals surface area contributed by atoms with Gasteiger partial charge in [0.25, 0.3) is 5.91 Å². The highest BCUT2D eigenvalue weighted by Crippen LogP contribution is 2.10. The van der Waals surface area contributed by atoms with Crippen LogP contribution in [0.5, 0.6) is 0 Å². The summed E-state index contributed by atoms with van der Waals surface area (Å²) in [7, 11) is 0. The minimum atomic E-state index is -1.23. The van der Waals surface area contributed by atoms with E-state index in [1.807, 2.05) is 0 Å². The molecular weight excluding hydrogens is 686 g/mol. The zero-order chi connectivity index (χ0) is 38.6. The second-order valence-corrected chi connectivity index (χ2v) is 11.8. The van der Waals surface area contributed by atoms with Gasteiger partial charge in [-0.05, 0) is 42.0 Å². The number of benzene rings is 2. The molecule has 3 aromatic rings. The number of hydrogen-bond acceptors (Lipinski definition) is 11. The molecule has 0 aliphatic rings. The molecule has 2 aromatic carbocycles. The summed E-state index contributed by atoms with van der Waals surface area (Å²) in [4.78, 5) is 78.4. The van der Waals surface area contributed by atoms with Crippen molar-refractivity contribution in [2.24, 2.45) is 37.9 Å². The summed E-state index contributed by atoms with van der Waals surface area (Å²) in [6.45, 7) is 0.312. The lowest BCUT2D eigenvalue weighted by molar-refractivity contribution is -0.133. The van der Waals surface area contributed by atoms with Crippen LogP contribution < -0.4 is 50.0 Å². The molecule has 4 amide bonds. The van der Waals surface area contributed by atoms with E-state index in [1.165, 1.54) is 12.3 Å². The van der Waals surface area contributed by atoms with Crippen LogP contribution in [0.25, 0.3) is 0 Å². The summed E-state index contributed by atoms with van der Waals surface area (Å²) in [5.41, 5.74) is 31.3.